The molecular weight excluding hydrogens is 466 g/mol. The van der Waals surface area contributed by atoms with E-state index in [9.17, 15) is 9.59 Å². The van der Waals surface area contributed by atoms with Gasteiger partial charge in [0.2, 0.25) is 0 Å². The predicted octanol–water partition coefficient (Wildman–Crippen LogP) is 2.18. The number of nitrogens with two attached hydrogens (primary N) is 1. The van der Waals surface area contributed by atoms with Crippen molar-refractivity contribution >= 4 is 26.3 Å². The molecule has 0 spiro atoms. The highest BCUT2D eigenvalue weighted by Gasteiger charge is 1.94. The summed E-state index contributed by atoms with van der Waals surface area (Å²) in [5.41, 5.74) is 4.81. The zero-order valence-electron chi connectivity index (χ0n) is 23.0. The van der Waals surface area contributed by atoms with Gasteiger partial charge in [-0.1, -0.05) is 140 Å². The van der Waals surface area contributed by atoms with E-state index in [2.05, 4.69) is 64.1 Å². The van der Waals surface area contributed by atoms with Crippen molar-refractivity contribution in [3.05, 3.63) is 41.8 Å². The Morgan fingerprint density at radius 3 is 1.11 bits per heavy atom. The van der Waals surface area contributed by atoms with E-state index >= 15 is 0 Å². The van der Waals surface area contributed by atoms with Crippen LogP contribution in [0, 0.1) is 0 Å². The Kier molecular flexibility index (Phi) is 21.6. The van der Waals surface area contributed by atoms with Gasteiger partial charge in [-0.25, -0.2) is 10.2 Å². The third-order valence-corrected chi connectivity index (χ3v) is 5.95. The Balaban J connectivity index is 0.000000591. The van der Waals surface area contributed by atoms with Crippen molar-refractivity contribution in [3.63, 3.8) is 0 Å². The van der Waals surface area contributed by atoms with E-state index in [-0.39, 0.29) is 21.6 Å². The summed E-state index contributed by atoms with van der Waals surface area (Å²) in [6.45, 7) is 16.8. The number of rotatable bonds is 16. The fourth-order valence-electron chi connectivity index (χ4n) is 3.47. The Morgan fingerprint density at radius 1 is 0.568 bits per heavy atom. The number of aromatic amines is 2. The van der Waals surface area contributed by atoms with Gasteiger partial charge in [-0.05, 0) is 13.0 Å². The molecule has 2 aromatic heterocycles. The second-order valence-corrected chi connectivity index (χ2v) is 9.22. The van der Waals surface area contributed by atoms with Crippen LogP contribution in [0.1, 0.15) is 110 Å². The van der Waals surface area contributed by atoms with Gasteiger partial charge in [0.1, 0.15) is 0 Å². The van der Waals surface area contributed by atoms with Gasteiger partial charge in [-0.3, -0.25) is 9.59 Å². The molecule has 0 aromatic carbocycles. The molecule has 2 rings (SSSR count). The van der Waals surface area contributed by atoms with Crippen LogP contribution in [0.25, 0.3) is 26.3 Å². The molecule has 9 nitrogen and oxygen atoms in total. The SMILES string of the molecule is C=c1nn[nH]c(=O)c1=C.C=c1nn[nH]c(=O)c1=C.CCCCCCCCCCCCCCCCCCN. The lowest BCUT2D eigenvalue weighted by molar-refractivity contribution is 0.530. The number of hydrogen-bond acceptors (Lipinski definition) is 7. The second-order valence-electron chi connectivity index (χ2n) is 9.22. The maximum absolute atomic E-state index is 10.6. The van der Waals surface area contributed by atoms with E-state index < -0.39 is 0 Å². The second kappa shape index (κ2) is 23.5. The summed E-state index contributed by atoms with van der Waals surface area (Å²) in [4.78, 5) is 21.2. The molecule has 0 fully saturated rings. The highest BCUT2D eigenvalue weighted by atomic mass is 16.1. The predicted molar refractivity (Wildman–Crippen MR) is 154 cm³/mol. The Morgan fingerprint density at radius 2 is 0.865 bits per heavy atom. The molecule has 0 saturated carbocycles. The molecule has 0 atom stereocenters. The fourth-order valence-corrected chi connectivity index (χ4v) is 3.47. The van der Waals surface area contributed by atoms with Crippen molar-refractivity contribution in [1.82, 2.24) is 30.8 Å². The minimum atomic E-state index is -0.338. The lowest BCUT2D eigenvalue weighted by Crippen LogP contribution is -2.41. The van der Waals surface area contributed by atoms with Crippen molar-refractivity contribution in [2.45, 2.75) is 110 Å². The molecule has 208 valence electrons. The van der Waals surface area contributed by atoms with Crippen molar-refractivity contribution in [2.75, 3.05) is 6.54 Å². The van der Waals surface area contributed by atoms with Gasteiger partial charge in [0.25, 0.3) is 11.1 Å². The van der Waals surface area contributed by atoms with E-state index in [0.717, 1.165) is 6.54 Å². The summed E-state index contributed by atoms with van der Waals surface area (Å²) in [6, 6.07) is 0. The van der Waals surface area contributed by atoms with Crippen LogP contribution in [0.2, 0.25) is 0 Å². The fraction of sp³-hybridized carbons (Fsp3) is 0.643. The van der Waals surface area contributed by atoms with E-state index in [1.54, 1.807) is 0 Å². The first kappa shape index (κ1) is 34.1. The topological polar surface area (TPSA) is 143 Å². The summed E-state index contributed by atoms with van der Waals surface area (Å²) in [5.74, 6) is 0. The number of H-pyrrole nitrogens is 2. The minimum Gasteiger partial charge on any atom is -0.330 e. The van der Waals surface area contributed by atoms with Crippen molar-refractivity contribution < 1.29 is 0 Å². The molecule has 2 aromatic rings. The molecule has 9 heteroatoms. The summed E-state index contributed by atoms with van der Waals surface area (Å²) in [6.07, 6.45) is 22.9. The molecule has 37 heavy (non-hydrogen) atoms. The van der Waals surface area contributed by atoms with Gasteiger partial charge < -0.3 is 5.73 Å². The standard InChI is InChI=1S/C18H39N.2C5H5N3O/c1-2-3-4-5-6-7-8-9-10-11-12-13-14-15-16-17-18-19;2*1-3-4(2)6-8-7-5(3)9/h2-19H2,1H3;2*1-2H2,(H,6,7,9). The molecule has 0 saturated heterocycles. The van der Waals surface area contributed by atoms with Gasteiger partial charge in [-0.2, -0.15) is 0 Å². The van der Waals surface area contributed by atoms with E-state index in [0.29, 0.717) is 10.7 Å². The van der Waals surface area contributed by atoms with Gasteiger partial charge in [0.15, 0.2) is 0 Å². The zero-order chi connectivity index (χ0) is 27.7. The van der Waals surface area contributed by atoms with E-state index in [4.69, 9.17) is 5.73 Å². The third kappa shape index (κ3) is 18.9. The molecule has 0 aliphatic heterocycles. The van der Waals surface area contributed by atoms with Crippen LogP contribution in [0.15, 0.2) is 9.59 Å². The number of aromatic nitrogens is 6. The lowest BCUT2D eigenvalue weighted by Gasteiger charge is -2.03. The lowest BCUT2D eigenvalue weighted by atomic mass is 10.0. The molecule has 0 aliphatic rings. The van der Waals surface area contributed by atoms with Crippen LogP contribution < -0.4 is 38.0 Å². The highest BCUT2D eigenvalue weighted by Crippen LogP contribution is 2.13. The molecule has 0 unspecified atom stereocenters. The van der Waals surface area contributed by atoms with Gasteiger partial charge in [0.05, 0.1) is 21.1 Å². The minimum absolute atomic E-state index is 0.269. The highest BCUT2D eigenvalue weighted by molar-refractivity contribution is 5.04. The first-order valence-corrected chi connectivity index (χ1v) is 13.7. The maximum atomic E-state index is 10.6. The number of nitrogens with one attached hydrogen (secondary N) is 2. The number of unbranched alkanes of at least 4 members (excludes halogenated alkanes) is 15. The van der Waals surface area contributed by atoms with Gasteiger partial charge in [0, 0.05) is 0 Å². The summed E-state index contributed by atoms with van der Waals surface area (Å²) >= 11 is 0. The van der Waals surface area contributed by atoms with Gasteiger partial charge >= 0.3 is 0 Å². The molecule has 2 heterocycles. The first-order chi connectivity index (χ1) is 17.8. The molecular formula is C28H49N7O2. The monoisotopic (exact) mass is 515 g/mol. The molecule has 0 aliphatic carbocycles. The quantitative estimate of drug-likeness (QED) is 0.291. The number of hydrogen-bond donors (Lipinski definition) is 3. The van der Waals surface area contributed by atoms with Crippen LogP contribution >= 0.6 is 0 Å². The summed E-state index contributed by atoms with van der Waals surface area (Å²) < 4.78 is 0. The Labute approximate surface area is 221 Å². The smallest absolute Gasteiger partial charge is 0.274 e. The molecule has 0 radical (unpaired) electrons. The van der Waals surface area contributed by atoms with Crippen molar-refractivity contribution in [1.29, 1.82) is 0 Å². The van der Waals surface area contributed by atoms with Gasteiger partial charge in [-0.15, -0.1) is 10.2 Å². The first-order valence-electron chi connectivity index (χ1n) is 13.7. The average Bonchev–Trinajstić information content (AvgIpc) is 2.89. The van der Waals surface area contributed by atoms with Crippen molar-refractivity contribution in [2.24, 2.45) is 5.73 Å². The van der Waals surface area contributed by atoms with E-state index in [1.807, 2.05) is 0 Å². The molecule has 0 amide bonds. The van der Waals surface area contributed by atoms with Crippen LogP contribution in [0.5, 0.6) is 0 Å². The van der Waals surface area contributed by atoms with Crippen LogP contribution in [0.3, 0.4) is 0 Å². The van der Waals surface area contributed by atoms with Crippen LogP contribution in [-0.4, -0.2) is 37.4 Å². The average molecular weight is 516 g/mol. The molecule has 0 bridgehead atoms. The van der Waals surface area contributed by atoms with Crippen LogP contribution in [0.4, 0.5) is 0 Å². The summed E-state index contributed by atoms with van der Waals surface area (Å²) in [7, 11) is 0. The van der Waals surface area contributed by atoms with E-state index in [1.165, 1.54) is 103 Å². The summed E-state index contributed by atoms with van der Waals surface area (Å²) in [5, 5.41) is 18.8. The van der Waals surface area contributed by atoms with Crippen molar-refractivity contribution in [3.8, 4) is 0 Å². The molecule has 4 N–H and O–H groups in total. The Hall–Kier alpha value is -2.94. The normalized spacial score (nSPS) is 10.2. The third-order valence-electron chi connectivity index (χ3n) is 5.95. The maximum Gasteiger partial charge on any atom is 0.274 e. The van der Waals surface area contributed by atoms with Crippen LogP contribution in [-0.2, 0) is 0 Å². The Bertz CT molecular complexity index is 979. The zero-order valence-corrected chi connectivity index (χ0v) is 23.0. The largest absolute Gasteiger partial charge is 0.330 e. The number of nitrogens with zero attached hydrogens (tertiary/aromatic N) is 4.